The van der Waals surface area contributed by atoms with Crippen molar-refractivity contribution in [2.24, 2.45) is 10.9 Å². The highest BCUT2D eigenvalue weighted by Crippen LogP contribution is 2.13. The lowest BCUT2D eigenvalue weighted by Gasteiger charge is -2.24. The Hall–Kier alpha value is -1.55. The Kier molecular flexibility index (Phi) is 8.67. The first-order valence-corrected chi connectivity index (χ1v) is 9.40. The van der Waals surface area contributed by atoms with E-state index in [1.807, 2.05) is 0 Å². The number of aliphatic imine (C=N–C) groups is 1. The summed E-state index contributed by atoms with van der Waals surface area (Å²) in [6.07, 6.45) is 5.97. The molecule has 0 radical (unpaired) electrons. The first-order valence-electron chi connectivity index (χ1n) is 9.40. The molecular formula is C20H33N3O. The second kappa shape index (κ2) is 11.1. The number of hydrogen-bond donors (Lipinski definition) is 1. The van der Waals surface area contributed by atoms with Gasteiger partial charge in [0.2, 0.25) is 0 Å². The van der Waals surface area contributed by atoms with Crippen LogP contribution in [0.2, 0.25) is 0 Å². The van der Waals surface area contributed by atoms with Gasteiger partial charge in [-0.3, -0.25) is 4.99 Å². The standard InChI is InChI=1S/C20H33N3O/c1-3-21-20(23(2)16-19-13-15-24-17-19)22-14-9-5-8-12-18-10-6-4-7-11-18/h4,6-7,10-11,19H,3,5,8-9,12-17H2,1-2H3,(H,21,22). The third-order valence-electron chi connectivity index (χ3n) is 4.48. The Morgan fingerprint density at radius 1 is 1.25 bits per heavy atom. The molecule has 1 saturated heterocycles. The van der Waals surface area contributed by atoms with E-state index in [2.05, 4.69) is 54.5 Å². The highest BCUT2D eigenvalue weighted by Gasteiger charge is 2.18. The average Bonchev–Trinajstić information content (AvgIpc) is 3.10. The Morgan fingerprint density at radius 3 is 2.79 bits per heavy atom. The van der Waals surface area contributed by atoms with Gasteiger partial charge in [0.05, 0.1) is 6.61 Å². The highest BCUT2D eigenvalue weighted by molar-refractivity contribution is 5.79. The van der Waals surface area contributed by atoms with Crippen molar-refractivity contribution in [3.63, 3.8) is 0 Å². The van der Waals surface area contributed by atoms with Gasteiger partial charge in [-0.15, -0.1) is 0 Å². The lowest BCUT2D eigenvalue weighted by Crippen LogP contribution is -2.41. The molecule has 24 heavy (non-hydrogen) atoms. The van der Waals surface area contributed by atoms with Gasteiger partial charge in [0.1, 0.15) is 0 Å². The molecule has 4 heteroatoms. The lowest BCUT2D eigenvalue weighted by atomic mass is 10.1. The van der Waals surface area contributed by atoms with Crippen molar-refractivity contribution < 1.29 is 4.74 Å². The Labute approximate surface area is 147 Å². The van der Waals surface area contributed by atoms with E-state index in [1.165, 1.54) is 31.2 Å². The highest BCUT2D eigenvalue weighted by atomic mass is 16.5. The van der Waals surface area contributed by atoms with Crippen LogP contribution in [0.25, 0.3) is 0 Å². The summed E-state index contributed by atoms with van der Waals surface area (Å²) in [5.74, 6) is 1.68. The van der Waals surface area contributed by atoms with Crippen molar-refractivity contribution >= 4 is 5.96 Å². The second-order valence-electron chi connectivity index (χ2n) is 6.64. The number of nitrogens with zero attached hydrogens (tertiary/aromatic N) is 2. The minimum Gasteiger partial charge on any atom is -0.381 e. The fraction of sp³-hybridized carbons (Fsp3) is 0.650. The number of ether oxygens (including phenoxy) is 1. The molecule has 1 heterocycles. The molecule has 1 aromatic carbocycles. The summed E-state index contributed by atoms with van der Waals surface area (Å²) in [6, 6.07) is 10.7. The number of guanidine groups is 1. The number of nitrogens with one attached hydrogen (secondary N) is 1. The number of benzene rings is 1. The normalized spacial score (nSPS) is 17.9. The molecular weight excluding hydrogens is 298 g/mol. The summed E-state index contributed by atoms with van der Waals surface area (Å²) < 4.78 is 5.47. The SMILES string of the molecule is CCNC(=NCCCCCc1ccccc1)N(C)CC1CCOC1. The summed E-state index contributed by atoms with van der Waals surface area (Å²) in [4.78, 5) is 7.05. The Balaban J connectivity index is 1.66. The van der Waals surface area contributed by atoms with E-state index in [4.69, 9.17) is 9.73 Å². The Bertz CT molecular complexity index is 469. The molecule has 0 bridgehead atoms. The van der Waals surface area contributed by atoms with Crippen LogP contribution in [0.3, 0.4) is 0 Å². The van der Waals surface area contributed by atoms with Crippen LogP contribution in [0.15, 0.2) is 35.3 Å². The van der Waals surface area contributed by atoms with Gasteiger partial charge in [-0.2, -0.15) is 0 Å². The monoisotopic (exact) mass is 331 g/mol. The lowest BCUT2D eigenvalue weighted by molar-refractivity contribution is 0.181. The third kappa shape index (κ3) is 6.91. The molecule has 1 unspecified atom stereocenters. The first kappa shape index (κ1) is 18.8. The largest absolute Gasteiger partial charge is 0.381 e. The predicted octanol–water partition coefficient (Wildman–Crippen LogP) is 3.33. The van der Waals surface area contributed by atoms with Crippen LogP contribution in [0.1, 0.15) is 38.2 Å². The van der Waals surface area contributed by atoms with Gasteiger partial charge in [0, 0.05) is 39.2 Å². The van der Waals surface area contributed by atoms with Gasteiger partial charge < -0.3 is 15.0 Å². The van der Waals surface area contributed by atoms with Crippen LogP contribution < -0.4 is 5.32 Å². The number of rotatable bonds is 9. The molecule has 1 aromatic rings. The molecule has 0 aliphatic carbocycles. The summed E-state index contributed by atoms with van der Waals surface area (Å²) in [5.41, 5.74) is 1.44. The average molecular weight is 332 g/mol. The fourth-order valence-electron chi connectivity index (χ4n) is 3.12. The summed E-state index contributed by atoms with van der Waals surface area (Å²) in [6.45, 7) is 6.78. The van der Waals surface area contributed by atoms with Crippen LogP contribution in [-0.2, 0) is 11.2 Å². The van der Waals surface area contributed by atoms with Crippen molar-refractivity contribution in [1.29, 1.82) is 0 Å². The van der Waals surface area contributed by atoms with Crippen molar-refractivity contribution in [2.75, 3.05) is 39.9 Å². The predicted molar refractivity (Wildman–Crippen MR) is 102 cm³/mol. The zero-order valence-electron chi connectivity index (χ0n) is 15.3. The topological polar surface area (TPSA) is 36.9 Å². The van der Waals surface area contributed by atoms with E-state index < -0.39 is 0 Å². The van der Waals surface area contributed by atoms with Crippen LogP contribution in [0.4, 0.5) is 0 Å². The second-order valence-corrected chi connectivity index (χ2v) is 6.64. The van der Waals surface area contributed by atoms with Gasteiger partial charge in [0.25, 0.3) is 0 Å². The van der Waals surface area contributed by atoms with Gasteiger partial charge >= 0.3 is 0 Å². The molecule has 1 fully saturated rings. The van der Waals surface area contributed by atoms with E-state index in [0.717, 1.165) is 45.2 Å². The molecule has 2 rings (SSSR count). The molecule has 0 spiro atoms. The van der Waals surface area contributed by atoms with Crippen LogP contribution >= 0.6 is 0 Å². The maximum Gasteiger partial charge on any atom is 0.193 e. The van der Waals surface area contributed by atoms with Crippen molar-refractivity contribution in [2.45, 2.75) is 39.0 Å². The molecule has 1 aliphatic rings. The van der Waals surface area contributed by atoms with E-state index in [0.29, 0.717) is 5.92 Å². The van der Waals surface area contributed by atoms with Crippen molar-refractivity contribution in [3.8, 4) is 0 Å². The minimum absolute atomic E-state index is 0.643. The summed E-state index contributed by atoms with van der Waals surface area (Å²) in [5, 5.41) is 3.41. The molecule has 4 nitrogen and oxygen atoms in total. The molecule has 0 amide bonds. The maximum atomic E-state index is 5.47. The van der Waals surface area contributed by atoms with Gasteiger partial charge in [-0.1, -0.05) is 36.8 Å². The third-order valence-corrected chi connectivity index (χ3v) is 4.48. The minimum atomic E-state index is 0.643. The number of aryl methyl sites for hydroxylation is 1. The van der Waals surface area contributed by atoms with E-state index in [-0.39, 0.29) is 0 Å². The zero-order chi connectivity index (χ0) is 17.0. The molecule has 134 valence electrons. The Morgan fingerprint density at radius 2 is 2.08 bits per heavy atom. The number of hydrogen-bond acceptors (Lipinski definition) is 2. The number of unbranched alkanes of at least 4 members (excludes halogenated alkanes) is 2. The van der Waals surface area contributed by atoms with Crippen molar-refractivity contribution in [1.82, 2.24) is 10.2 Å². The molecule has 1 atom stereocenters. The summed E-state index contributed by atoms with van der Waals surface area (Å²) >= 11 is 0. The first-order chi connectivity index (χ1) is 11.8. The van der Waals surface area contributed by atoms with E-state index >= 15 is 0 Å². The van der Waals surface area contributed by atoms with Gasteiger partial charge in [-0.25, -0.2) is 0 Å². The van der Waals surface area contributed by atoms with Crippen LogP contribution in [-0.4, -0.2) is 50.8 Å². The van der Waals surface area contributed by atoms with Gasteiger partial charge in [-0.05, 0) is 38.2 Å². The van der Waals surface area contributed by atoms with E-state index in [1.54, 1.807) is 0 Å². The zero-order valence-corrected chi connectivity index (χ0v) is 15.3. The smallest absolute Gasteiger partial charge is 0.193 e. The fourth-order valence-corrected chi connectivity index (χ4v) is 3.12. The molecule has 0 saturated carbocycles. The molecule has 0 aromatic heterocycles. The maximum absolute atomic E-state index is 5.47. The molecule has 1 N–H and O–H groups in total. The quantitative estimate of drug-likeness (QED) is 0.428. The summed E-state index contributed by atoms with van der Waals surface area (Å²) in [7, 11) is 2.13. The van der Waals surface area contributed by atoms with Crippen molar-refractivity contribution in [3.05, 3.63) is 35.9 Å². The van der Waals surface area contributed by atoms with Crippen LogP contribution in [0, 0.1) is 5.92 Å². The van der Waals surface area contributed by atoms with Crippen LogP contribution in [0.5, 0.6) is 0 Å². The van der Waals surface area contributed by atoms with Gasteiger partial charge in [0.15, 0.2) is 5.96 Å². The molecule has 1 aliphatic heterocycles. The van der Waals surface area contributed by atoms with E-state index in [9.17, 15) is 0 Å².